The molecule has 1 unspecified atom stereocenters. The molecule has 0 aliphatic heterocycles. The van der Waals surface area contributed by atoms with Gasteiger partial charge >= 0.3 is 0 Å². The van der Waals surface area contributed by atoms with Gasteiger partial charge in [0.2, 0.25) is 0 Å². The lowest BCUT2D eigenvalue weighted by molar-refractivity contribution is 0.0140. The molecule has 3 aromatic rings. The van der Waals surface area contributed by atoms with Crippen molar-refractivity contribution in [3.05, 3.63) is 65.2 Å². The summed E-state index contributed by atoms with van der Waals surface area (Å²) in [4.78, 5) is 4.84. The maximum Gasteiger partial charge on any atom is 0.144 e. The topological polar surface area (TPSA) is 22.1 Å². The van der Waals surface area contributed by atoms with E-state index in [2.05, 4.69) is 18.2 Å². The molecule has 0 bridgehead atoms. The smallest absolute Gasteiger partial charge is 0.144 e. The second-order valence-corrected chi connectivity index (χ2v) is 6.59. The number of alkyl halides is 1. The molecule has 0 saturated carbocycles. The summed E-state index contributed by atoms with van der Waals surface area (Å²) in [6, 6.07) is 18.5. The molecule has 114 valence electrons. The maximum atomic E-state index is 6.03. The number of fused-ring (bicyclic) bond motifs is 1. The quantitative estimate of drug-likeness (QED) is 0.579. The van der Waals surface area contributed by atoms with Crippen molar-refractivity contribution in [1.82, 2.24) is 4.98 Å². The summed E-state index contributed by atoms with van der Waals surface area (Å²) in [5, 5.41) is 0.993. The molecule has 2 nitrogen and oxygen atoms in total. The van der Waals surface area contributed by atoms with Crippen LogP contribution in [0.4, 0.5) is 0 Å². The average molecular weight is 332 g/mol. The molecule has 0 radical (unpaired) electrons. The Kier molecular flexibility index (Phi) is 4.77. The lowest BCUT2D eigenvalue weighted by atomic mass is 9.89. The number of rotatable bonds is 6. The number of para-hydroxylation sites is 1. The van der Waals surface area contributed by atoms with E-state index in [9.17, 15) is 0 Å². The average Bonchev–Trinajstić information content (AvgIpc) is 3.01. The van der Waals surface area contributed by atoms with Crippen molar-refractivity contribution in [2.75, 3.05) is 13.0 Å². The molecular weight excluding hydrogens is 314 g/mol. The van der Waals surface area contributed by atoms with Gasteiger partial charge in [0.05, 0.1) is 10.2 Å². The van der Waals surface area contributed by atoms with Crippen molar-refractivity contribution in [3.63, 3.8) is 0 Å². The van der Waals surface area contributed by atoms with Crippen LogP contribution in [0.25, 0.3) is 10.2 Å². The van der Waals surface area contributed by atoms with E-state index in [1.807, 2.05) is 36.4 Å². The highest BCUT2D eigenvalue weighted by atomic mass is 35.5. The highest BCUT2D eigenvalue weighted by Gasteiger charge is 2.37. The number of halogens is 1. The first kappa shape index (κ1) is 15.5. The standard InChI is InChI=1S/C18H18ClNOS/c1-21-18(12-7-13-19,14-8-3-2-4-9-14)17-20-15-10-5-6-11-16(15)22-17/h2-6,8-11H,7,12-13H2,1H3. The third-order valence-corrected chi connectivity index (χ3v) is 5.34. The second kappa shape index (κ2) is 6.78. The molecule has 1 aromatic heterocycles. The predicted octanol–water partition coefficient (Wildman–Crippen LogP) is 5.21. The van der Waals surface area contributed by atoms with Crippen LogP contribution in [-0.2, 0) is 10.3 Å². The van der Waals surface area contributed by atoms with Crippen molar-refractivity contribution >= 4 is 33.2 Å². The van der Waals surface area contributed by atoms with Crippen molar-refractivity contribution in [1.29, 1.82) is 0 Å². The largest absolute Gasteiger partial charge is 0.366 e. The van der Waals surface area contributed by atoms with E-state index in [1.165, 1.54) is 4.70 Å². The minimum absolute atomic E-state index is 0.528. The van der Waals surface area contributed by atoms with Gasteiger partial charge in [-0.15, -0.1) is 22.9 Å². The zero-order valence-electron chi connectivity index (χ0n) is 12.5. The fraction of sp³-hybridized carbons (Fsp3) is 0.278. The summed E-state index contributed by atoms with van der Waals surface area (Å²) in [5.41, 5.74) is 1.62. The molecule has 3 rings (SSSR count). The Balaban J connectivity index is 2.15. The third kappa shape index (κ3) is 2.76. The first-order valence-corrected chi connectivity index (χ1v) is 8.68. The van der Waals surface area contributed by atoms with Gasteiger partial charge in [-0.05, 0) is 30.5 Å². The normalized spacial score (nSPS) is 14.1. The summed E-state index contributed by atoms with van der Waals surface area (Å²) in [5.74, 6) is 0.614. The lowest BCUT2D eigenvalue weighted by Gasteiger charge is -2.31. The monoisotopic (exact) mass is 331 g/mol. The SMILES string of the molecule is COC(CCCCl)(c1ccccc1)c1nc2ccccc2s1. The van der Waals surface area contributed by atoms with Gasteiger partial charge in [0.15, 0.2) is 0 Å². The first-order valence-electron chi connectivity index (χ1n) is 7.33. The summed E-state index contributed by atoms with van der Waals surface area (Å²) in [6.45, 7) is 0. The Morgan fingerprint density at radius 3 is 2.50 bits per heavy atom. The summed E-state index contributed by atoms with van der Waals surface area (Å²) in [7, 11) is 1.76. The molecule has 2 aromatic carbocycles. The number of benzene rings is 2. The van der Waals surface area contributed by atoms with Crippen LogP contribution in [0.1, 0.15) is 23.4 Å². The van der Waals surface area contributed by atoms with E-state index in [0.29, 0.717) is 5.88 Å². The number of aromatic nitrogens is 1. The zero-order chi connectivity index (χ0) is 15.4. The number of nitrogens with zero attached hydrogens (tertiary/aromatic N) is 1. The van der Waals surface area contributed by atoms with Gasteiger partial charge in [0, 0.05) is 13.0 Å². The Labute approximate surface area is 139 Å². The summed E-state index contributed by atoms with van der Waals surface area (Å²) < 4.78 is 7.21. The summed E-state index contributed by atoms with van der Waals surface area (Å²) >= 11 is 7.64. The van der Waals surface area contributed by atoms with E-state index >= 15 is 0 Å². The van der Waals surface area contributed by atoms with E-state index < -0.39 is 5.60 Å². The molecule has 22 heavy (non-hydrogen) atoms. The number of hydrogen-bond donors (Lipinski definition) is 0. The number of thiazole rings is 1. The minimum atomic E-state index is -0.528. The number of methoxy groups -OCH3 is 1. The first-order chi connectivity index (χ1) is 10.8. The molecule has 0 fully saturated rings. The Bertz CT molecular complexity index is 710. The van der Waals surface area contributed by atoms with Crippen LogP contribution in [0.15, 0.2) is 54.6 Å². The number of hydrogen-bond acceptors (Lipinski definition) is 3. The van der Waals surface area contributed by atoms with E-state index in [1.54, 1.807) is 18.4 Å². The molecule has 0 spiro atoms. The third-order valence-electron chi connectivity index (χ3n) is 3.89. The molecule has 0 N–H and O–H groups in total. The molecule has 1 atom stereocenters. The minimum Gasteiger partial charge on any atom is -0.366 e. The van der Waals surface area contributed by atoms with Crippen LogP contribution in [0.5, 0.6) is 0 Å². The second-order valence-electron chi connectivity index (χ2n) is 5.18. The molecule has 0 amide bonds. The van der Waals surface area contributed by atoms with E-state index in [-0.39, 0.29) is 0 Å². The van der Waals surface area contributed by atoms with Gasteiger partial charge in [-0.25, -0.2) is 4.98 Å². The van der Waals surface area contributed by atoms with Crippen molar-refractivity contribution in [2.45, 2.75) is 18.4 Å². The molecule has 4 heteroatoms. The number of ether oxygens (including phenoxy) is 1. The molecule has 0 aliphatic carbocycles. The molecule has 1 heterocycles. The van der Waals surface area contributed by atoms with Crippen molar-refractivity contribution < 1.29 is 4.74 Å². The van der Waals surface area contributed by atoms with Crippen LogP contribution in [0.3, 0.4) is 0 Å². The van der Waals surface area contributed by atoms with Crippen LogP contribution < -0.4 is 0 Å². The van der Waals surface area contributed by atoms with Crippen molar-refractivity contribution in [3.8, 4) is 0 Å². The van der Waals surface area contributed by atoms with E-state index in [0.717, 1.165) is 28.9 Å². The highest BCUT2D eigenvalue weighted by molar-refractivity contribution is 7.18. The lowest BCUT2D eigenvalue weighted by Crippen LogP contribution is -2.30. The zero-order valence-corrected chi connectivity index (χ0v) is 14.0. The van der Waals surface area contributed by atoms with Gasteiger partial charge in [-0.1, -0.05) is 42.5 Å². The Hall–Kier alpha value is -1.42. The fourth-order valence-corrected chi connectivity index (χ4v) is 4.07. The van der Waals surface area contributed by atoms with Gasteiger partial charge in [0.1, 0.15) is 10.6 Å². The fourth-order valence-electron chi connectivity index (χ4n) is 2.75. The summed E-state index contributed by atoms with van der Waals surface area (Å²) in [6.07, 6.45) is 1.69. The Morgan fingerprint density at radius 2 is 1.82 bits per heavy atom. The van der Waals surface area contributed by atoms with Crippen LogP contribution in [0, 0.1) is 0 Å². The van der Waals surface area contributed by atoms with Crippen molar-refractivity contribution in [2.24, 2.45) is 0 Å². The van der Waals surface area contributed by atoms with Crippen LogP contribution in [-0.4, -0.2) is 18.0 Å². The molecule has 0 saturated heterocycles. The predicted molar refractivity (Wildman–Crippen MR) is 93.8 cm³/mol. The van der Waals surface area contributed by atoms with Crippen LogP contribution >= 0.6 is 22.9 Å². The maximum absolute atomic E-state index is 6.03. The Morgan fingerprint density at radius 1 is 1.09 bits per heavy atom. The molecule has 0 aliphatic rings. The van der Waals surface area contributed by atoms with Crippen LogP contribution in [0.2, 0.25) is 0 Å². The van der Waals surface area contributed by atoms with Gasteiger partial charge in [0.25, 0.3) is 0 Å². The van der Waals surface area contributed by atoms with Gasteiger partial charge < -0.3 is 4.74 Å². The molecular formula is C18H18ClNOS. The highest BCUT2D eigenvalue weighted by Crippen LogP contribution is 2.41. The van der Waals surface area contributed by atoms with E-state index in [4.69, 9.17) is 21.3 Å². The van der Waals surface area contributed by atoms with Gasteiger partial charge in [-0.3, -0.25) is 0 Å². The van der Waals surface area contributed by atoms with Gasteiger partial charge in [-0.2, -0.15) is 0 Å².